The quantitative estimate of drug-likeness (QED) is 0.0204. The number of unbranched alkanes of at least 4 members (excludes halogenated alkanes) is 39. The van der Waals surface area contributed by atoms with E-state index in [1.54, 1.807) is 0 Å². The average molecular weight is 1110 g/mol. The molecule has 0 spiro atoms. The number of aliphatic hydroxyl groups excluding tert-OH is 8. The number of carbonyl (C=O) groups is 1. The van der Waals surface area contributed by atoms with E-state index in [0.717, 1.165) is 51.4 Å². The third-order valence-corrected chi connectivity index (χ3v) is 16.5. The van der Waals surface area contributed by atoms with Gasteiger partial charge in [-0.2, -0.15) is 0 Å². The van der Waals surface area contributed by atoms with Gasteiger partial charge in [-0.25, -0.2) is 0 Å². The molecule has 14 heteroatoms. The molecule has 12 atom stereocenters. The first-order valence-electron chi connectivity index (χ1n) is 32.9. The highest BCUT2D eigenvalue weighted by Crippen LogP contribution is 2.30. The molecule has 0 aromatic heterocycles. The molecule has 0 bridgehead atoms. The molecule has 2 aliphatic rings. The van der Waals surface area contributed by atoms with Gasteiger partial charge < -0.3 is 65.1 Å². The van der Waals surface area contributed by atoms with Crippen molar-refractivity contribution in [1.82, 2.24) is 5.32 Å². The highest BCUT2D eigenvalue weighted by Gasteiger charge is 2.51. The highest BCUT2D eigenvalue weighted by molar-refractivity contribution is 5.76. The van der Waals surface area contributed by atoms with Crippen molar-refractivity contribution in [3.8, 4) is 0 Å². The minimum absolute atomic E-state index is 0.201. The molecular formula is C64H123NO13. The van der Waals surface area contributed by atoms with Crippen molar-refractivity contribution >= 4 is 5.91 Å². The number of hydrogen-bond donors (Lipinski definition) is 9. The largest absolute Gasteiger partial charge is 0.394 e. The summed E-state index contributed by atoms with van der Waals surface area (Å²) in [4.78, 5) is 13.3. The van der Waals surface area contributed by atoms with Gasteiger partial charge in [0.1, 0.15) is 48.8 Å². The maximum Gasteiger partial charge on any atom is 0.220 e. The Balaban J connectivity index is 1.70. The van der Waals surface area contributed by atoms with Crippen LogP contribution in [0, 0.1) is 0 Å². The van der Waals surface area contributed by atoms with Gasteiger partial charge in [0.25, 0.3) is 0 Å². The Morgan fingerprint density at radius 2 is 0.808 bits per heavy atom. The number of ether oxygens (including phenoxy) is 4. The molecule has 0 aromatic carbocycles. The molecule has 12 unspecified atom stereocenters. The molecule has 2 heterocycles. The fourth-order valence-electron chi connectivity index (χ4n) is 11.2. The lowest BCUT2D eigenvalue weighted by atomic mass is 9.97. The smallest absolute Gasteiger partial charge is 0.220 e. The van der Waals surface area contributed by atoms with Crippen LogP contribution in [0.15, 0.2) is 12.2 Å². The SMILES string of the molecule is CCCCCCCCCC/C=C\CCCCCCCCCCCCCCCC(=O)NC(COC1OC(CO)C(OC2OC(CO)C(O)C(O)C2O)C(O)C1O)C(O)CCCCCCCCCCCCCCCCCCCCC. The van der Waals surface area contributed by atoms with Crippen LogP contribution in [-0.2, 0) is 23.7 Å². The van der Waals surface area contributed by atoms with Crippen molar-refractivity contribution in [3.63, 3.8) is 0 Å². The number of aliphatic hydroxyl groups is 8. The van der Waals surface area contributed by atoms with Crippen LogP contribution in [0.2, 0.25) is 0 Å². The van der Waals surface area contributed by atoms with Crippen molar-refractivity contribution in [2.75, 3.05) is 19.8 Å². The van der Waals surface area contributed by atoms with Gasteiger partial charge in [-0.15, -0.1) is 0 Å². The Morgan fingerprint density at radius 3 is 1.22 bits per heavy atom. The number of hydrogen-bond acceptors (Lipinski definition) is 13. The Labute approximate surface area is 476 Å². The Morgan fingerprint density at radius 1 is 0.449 bits per heavy atom. The zero-order valence-corrected chi connectivity index (χ0v) is 49.9. The summed E-state index contributed by atoms with van der Waals surface area (Å²) in [7, 11) is 0. The topological polar surface area (TPSA) is 228 Å². The molecule has 14 nitrogen and oxygen atoms in total. The Hall–Kier alpha value is -1.27. The summed E-state index contributed by atoms with van der Waals surface area (Å²) < 4.78 is 22.9. The number of rotatable bonds is 54. The molecule has 2 fully saturated rings. The molecule has 2 saturated heterocycles. The fourth-order valence-corrected chi connectivity index (χ4v) is 11.2. The highest BCUT2D eigenvalue weighted by atomic mass is 16.7. The van der Waals surface area contributed by atoms with E-state index < -0.39 is 86.8 Å². The summed E-state index contributed by atoms with van der Waals surface area (Å²) in [6, 6.07) is -0.826. The van der Waals surface area contributed by atoms with Gasteiger partial charge in [0, 0.05) is 6.42 Å². The van der Waals surface area contributed by atoms with Gasteiger partial charge in [-0.3, -0.25) is 4.79 Å². The number of amides is 1. The van der Waals surface area contributed by atoms with E-state index in [0.29, 0.717) is 12.8 Å². The second-order valence-electron chi connectivity index (χ2n) is 23.6. The van der Waals surface area contributed by atoms with Gasteiger partial charge >= 0.3 is 0 Å². The van der Waals surface area contributed by atoms with Crippen LogP contribution in [0.25, 0.3) is 0 Å². The second kappa shape index (κ2) is 50.3. The van der Waals surface area contributed by atoms with Gasteiger partial charge in [-0.1, -0.05) is 264 Å². The second-order valence-corrected chi connectivity index (χ2v) is 23.6. The summed E-state index contributed by atoms with van der Waals surface area (Å²) in [6.45, 7) is 2.91. The molecule has 0 saturated carbocycles. The van der Waals surface area contributed by atoms with Crippen molar-refractivity contribution in [1.29, 1.82) is 0 Å². The molecule has 78 heavy (non-hydrogen) atoms. The summed E-state index contributed by atoms with van der Waals surface area (Å²) in [5, 5.41) is 87.5. The first-order valence-corrected chi connectivity index (χ1v) is 32.9. The molecule has 9 N–H and O–H groups in total. The monoisotopic (exact) mass is 1110 g/mol. The van der Waals surface area contributed by atoms with Crippen LogP contribution in [0.3, 0.4) is 0 Å². The van der Waals surface area contributed by atoms with Gasteiger partial charge in [-0.05, 0) is 38.5 Å². The van der Waals surface area contributed by atoms with E-state index in [2.05, 4.69) is 31.3 Å². The van der Waals surface area contributed by atoms with Crippen LogP contribution in [0.1, 0.15) is 296 Å². The molecule has 2 aliphatic heterocycles. The van der Waals surface area contributed by atoms with Crippen LogP contribution in [-0.4, -0.2) is 140 Å². The third-order valence-electron chi connectivity index (χ3n) is 16.5. The molecule has 0 aliphatic carbocycles. The average Bonchev–Trinajstić information content (AvgIpc) is 3.44. The van der Waals surface area contributed by atoms with Crippen molar-refractivity contribution in [2.45, 2.75) is 370 Å². The number of nitrogens with one attached hydrogen (secondary N) is 1. The maximum atomic E-state index is 13.3. The first kappa shape index (κ1) is 72.8. The minimum atomic E-state index is -1.78. The van der Waals surface area contributed by atoms with E-state index in [1.165, 1.54) is 218 Å². The number of allylic oxidation sites excluding steroid dienone is 2. The lowest BCUT2D eigenvalue weighted by molar-refractivity contribution is -0.359. The standard InChI is InChI=1S/C64H123NO13/c1-3-5-7-9-11-13-15-17-19-21-23-24-25-26-27-28-30-32-34-36-38-40-42-44-46-48-56(69)65-52(53(68)47-45-43-41-39-37-35-33-31-29-22-20-18-16-14-12-10-8-6-4-2)51-75-63-61(74)59(72)62(55(50-67)77-63)78-64-60(73)58(71)57(70)54(49-66)76-64/h21,23,52-55,57-64,66-68,70-74H,3-20,22,24-51H2,1-2H3,(H,65,69)/b23-21-. The molecule has 1 amide bonds. The molecule has 0 radical (unpaired) electrons. The maximum absolute atomic E-state index is 13.3. The summed E-state index contributed by atoms with van der Waals surface area (Å²) in [5.74, 6) is -0.201. The van der Waals surface area contributed by atoms with E-state index in [9.17, 15) is 45.6 Å². The third kappa shape index (κ3) is 35.0. The predicted molar refractivity (Wildman–Crippen MR) is 314 cm³/mol. The van der Waals surface area contributed by atoms with E-state index in [-0.39, 0.29) is 12.5 Å². The Bertz CT molecular complexity index is 1360. The minimum Gasteiger partial charge on any atom is -0.394 e. The zero-order valence-electron chi connectivity index (χ0n) is 49.9. The van der Waals surface area contributed by atoms with Crippen molar-refractivity contribution in [2.24, 2.45) is 0 Å². The summed E-state index contributed by atoms with van der Waals surface area (Å²) in [5.41, 5.74) is 0. The van der Waals surface area contributed by atoms with Gasteiger partial charge in [0.2, 0.25) is 5.91 Å². The predicted octanol–water partition coefficient (Wildman–Crippen LogP) is 12.2. The van der Waals surface area contributed by atoms with E-state index >= 15 is 0 Å². The zero-order chi connectivity index (χ0) is 56.7. The number of carbonyl (C=O) groups excluding carboxylic acids is 1. The van der Waals surface area contributed by atoms with Crippen LogP contribution in [0.4, 0.5) is 0 Å². The van der Waals surface area contributed by atoms with E-state index in [1.807, 2.05) is 0 Å². The normalized spacial score (nSPS) is 24.5. The first-order chi connectivity index (χ1) is 38.1. The molecule has 0 aromatic rings. The van der Waals surface area contributed by atoms with Crippen LogP contribution < -0.4 is 5.32 Å². The lowest BCUT2D eigenvalue weighted by Crippen LogP contribution is -2.65. The van der Waals surface area contributed by atoms with Crippen LogP contribution >= 0.6 is 0 Å². The van der Waals surface area contributed by atoms with Crippen molar-refractivity contribution in [3.05, 3.63) is 12.2 Å². The molecule has 462 valence electrons. The van der Waals surface area contributed by atoms with Crippen LogP contribution in [0.5, 0.6) is 0 Å². The Kier molecular flexibility index (Phi) is 46.9. The fraction of sp³-hybridized carbons (Fsp3) is 0.953. The molecular weight excluding hydrogens is 991 g/mol. The summed E-state index contributed by atoms with van der Waals surface area (Å²) in [6.07, 6.45) is 42.1. The lowest BCUT2D eigenvalue weighted by Gasteiger charge is -2.46. The summed E-state index contributed by atoms with van der Waals surface area (Å²) >= 11 is 0. The van der Waals surface area contributed by atoms with Gasteiger partial charge in [0.05, 0.1) is 32.0 Å². The molecule has 2 rings (SSSR count). The van der Waals surface area contributed by atoms with Gasteiger partial charge in [0.15, 0.2) is 12.6 Å². The van der Waals surface area contributed by atoms with E-state index in [4.69, 9.17) is 18.9 Å². The van der Waals surface area contributed by atoms with Crippen molar-refractivity contribution < 1.29 is 64.6 Å².